The Hall–Kier alpha value is -2.46. The van der Waals surface area contributed by atoms with Crippen LogP contribution in [0.4, 0.5) is 0 Å². The minimum atomic E-state index is 0.0830. The Morgan fingerprint density at radius 2 is 1.77 bits per heavy atom. The molecule has 1 aromatic heterocycles. The van der Waals surface area contributed by atoms with Crippen LogP contribution in [0, 0.1) is 0 Å². The molecule has 1 heterocycles. The molecule has 0 spiro atoms. The Morgan fingerprint density at radius 1 is 1.04 bits per heavy atom. The Labute approximate surface area is 159 Å². The molecule has 3 aromatic rings. The molecule has 0 atom stereocenters. The van der Waals surface area contributed by atoms with Gasteiger partial charge in [-0.1, -0.05) is 18.5 Å². The molecule has 0 unspecified atom stereocenters. The van der Waals surface area contributed by atoms with Crippen LogP contribution in [0.3, 0.4) is 0 Å². The van der Waals surface area contributed by atoms with Crippen molar-refractivity contribution >= 4 is 11.6 Å². The zero-order chi connectivity index (χ0) is 18.5. The molecular formula is C21H23ClN2O2. The third-order valence-electron chi connectivity index (χ3n) is 3.81. The van der Waals surface area contributed by atoms with E-state index in [4.69, 9.17) is 21.1 Å². The number of hydrogen-bond acceptors (Lipinski definition) is 3. The minimum Gasteiger partial charge on any atom is -0.494 e. The summed E-state index contributed by atoms with van der Waals surface area (Å²) < 4.78 is 11.3. The first-order valence-corrected chi connectivity index (χ1v) is 9.20. The van der Waals surface area contributed by atoms with Crippen LogP contribution in [0.2, 0.25) is 5.02 Å². The highest BCUT2D eigenvalue weighted by Crippen LogP contribution is 2.32. The maximum atomic E-state index is 6.33. The standard InChI is InChI=1S/C21H23ClN2O2/c1-4-11-25-17-8-5-15(6-9-17)19-13-20(24-23-19)16-7-10-21(18(22)12-16)26-14(2)3/h5-10,12-14H,4,11H2,1-3H3,(H,23,24). The van der Waals surface area contributed by atoms with Crippen molar-refractivity contribution in [1.29, 1.82) is 0 Å². The number of aromatic amines is 1. The van der Waals surface area contributed by atoms with Crippen molar-refractivity contribution < 1.29 is 9.47 Å². The van der Waals surface area contributed by atoms with Crippen molar-refractivity contribution in [1.82, 2.24) is 10.2 Å². The number of nitrogens with one attached hydrogen (secondary N) is 1. The molecule has 0 aliphatic heterocycles. The van der Waals surface area contributed by atoms with Crippen LogP contribution in [-0.4, -0.2) is 22.9 Å². The topological polar surface area (TPSA) is 47.1 Å². The van der Waals surface area contributed by atoms with Gasteiger partial charge in [0.1, 0.15) is 11.5 Å². The minimum absolute atomic E-state index is 0.0830. The number of ether oxygens (including phenoxy) is 2. The Kier molecular flexibility index (Phi) is 5.84. The van der Waals surface area contributed by atoms with E-state index in [1.807, 2.05) is 62.4 Å². The summed E-state index contributed by atoms with van der Waals surface area (Å²) >= 11 is 6.33. The average molecular weight is 371 g/mol. The van der Waals surface area contributed by atoms with Gasteiger partial charge in [0, 0.05) is 5.56 Å². The fraction of sp³-hybridized carbons (Fsp3) is 0.286. The summed E-state index contributed by atoms with van der Waals surface area (Å²) in [6, 6.07) is 15.7. The van der Waals surface area contributed by atoms with Crippen molar-refractivity contribution in [3.05, 3.63) is 53.6 Å². The highest BCUT2D eigenvalue weighted by Gasteiger charge is 2.10. The third-order valence-corrected chi connectivity index (χ3v) is 4.10. The number of H-pyrrole nitrogens is 1. The van der Waals surface area contributed by atoms with E-state index >= 15 is 0 Å². The first kappa shape index (κ1) is 18.3. The van der Waals surface area contributed by atoms with E-state index in [1.54, 1.807) is 0 Å². The van der Waals surface area contributed by atoms with Crippen LogP contribution >= 0.6 is 11.6 Å². The normalized spacial score (nSPS) is 11.0. The molecular weight excluding hydrogens is 348 g/mol. The van der Waals surface area contributed by atoms with Crippen molar-refractivity contribution in [2.45, 2.75) is 33.3 Å². The van der Waals surface area contributed by atoms with Gasteiger partial charge in [-0.3, -0.25) is 5.10 Å². The fourth-order valence-electron chi connectivity index (χ4n) is 2.58. The molecule has 5 heteroatoms. The van der Waals surface area contributed by atoms with E-state index in [9.17, 15) is 0 Å². The predicted molar refractivity (Wildman–Crippen MR) is 106 cm³/mol. The van der Waals surface area contributed by atoms with Crippen LogP contribution in [0.5, 0.6) is 11.5 Å². The maximum absolute atomic E-state index is 6.33. The van der Waals surface area contributed by atoms with Gasteiger partial charge in [-0.25, -0.2) is 0 Å². The maximum Gasteiger partial charge on any atom is 0.138 e. The highest BCUT2D eigenvalue weighted by molar-refractivity contribution is 6.32. The van der Waals surface area contributed by atoms with Crippen LogP contribution in [-0.2, 0) is 0 Å². The Bertz CT molecular complexity index is 857. The molecule has 0 amide bonds. The first-order chi connectivity index (χ1) is 12.6. The number of rotatable bonds is 7. The molecule has 0 fully saturated rings. The van der Waals surface area contributed by atoms with Crippen molar-refractivity contribution in [2.24, 2.45) is 0 Å². The first-order valence-electron chi connectivity index (χ1n) is 8.82. The van der Waals surface area contributed by atoms with E-state index in [-0.39, 0.29) is 6.10 Å². The molecule has 0 radical (unpaired) electrons. The molecule has 0 aliphatic rings. The zero-order valence-corrected chi connectivity index (χ0v) is 16.0. The van der Waals surface area contributed by atoms with E-state index in [0.29, 0.717) is 10.8 Å². The van der Waals surface area contributed by atoms with Gasteiger partial charge in [-0.05, 0) is 74.4 Å². The van der Waals surface area contributed by atoms with Gasteiger partial charge in [0.25, 0.3) is 0 Å². The summed E-state index contributed by atoms with van der Waals surface area (Å²) in [7, 11) is 0. The number of hydrogen-bond donors (Lipinski definition) is 1. The van der Waals surface area contributed by atoms with Gasteiger partial charge in [-0.15, -0.1) is 0 Å². The molecule has 0 saturated carbocycles. The second kappa shape index (κ2) is 8.28. The largest absolute Gasteiger partial charge is 0.494 e. The van der Waals surface area contributed by atoms with Crippen LogP contribution in [0.1, 0.15) is 27.2 Å². The number of nitrogens with zero attached hydrogens (tertiary/aromatic N) is 1. The summed E-state index contributed by atoms with van der Waals surface area (Å²) in [6.07, 6.45) is 1.08. The Morgan fingerprint density at radius 3 is 2.42 bits per heavy atom. The predicted octanol–water partition coefficient (Wildman–Crippen LogP) is 5.97. The lowest BCUT2D eigenvalue weighted by Gasteiger charge is -2.11. The third kappa shape index (κ3) is 4.38. The van der Waals surface area contributed by atoms with Gasteiger partial charge < -0.3 is 9.47 Å². The number of benzene rings is 2. The zero-order valence-electron chi connectivity index (χ0n) is 15.3. The summed E-state index contributed by atoms with van der Waals surface area (Å²) in [5.41, 5.74) is 3.78. The number of aromatic nitrogens is 2. The smallest absolute Gasteiger partial charge is 0.138 e. The molecule has 26 heavy (non-hydrogen) atoms. The molecule has 136 valence electrons. The molecule has 0 bridgehead atoms. The second-order valence-corrected chi connectivity index (χ2v) is 6.76. The SMILES string of the molecule is CCCOc1ccc(-c2cc(-c3ccc(OC(C)C)c(Cl)c3)n[nH]2)cc1. The van der Waals surface area contributed by atoms with Gasteiger partial charge in [0.2, 0.25) is 0 Å². The summed E-state index contributed by atoms with van der Waals surface area (Å²) in [6.45, 7) is 6.77. The second-order valence-electron chi connectivity index (χ2n) is 6.35. The van der Waals surface area contributed by atoms with Gasteiger partial charge >= 0.3 is 0 Å². The summed E-state index contributed by atoms with van der Waals surface area (Å²) in [5, 5.41) is 8.08. The monoisotopic (exact) mass is 370 g/mol. The lowest BCUT2D eigenvalue weighted by Crippen LogP contribution is -2.05. The van der Waals surface area contributed by atoms with Crippen LogP contribution < -0.4 is 9.47 Å². The van der Waals surface area contributed by atoms with E-state index in [1.165, 1.54) is 0 Å². The lowest BCUT2D eigenvalue weighted by atomic mass is 10.1. The summed E-state index contributed by atoms with van der Waals surface area (Å²) in [4.78, 5) is 0. The van der Waals surface area contributed by atoms with Gasteiger partial charge in [0.15, 0.2) is 0 Å². The molecule has 3 rings (SSSR count). The molecule has 0 aliphatic carbocycles. The Balaban J connectivity index is 1.78. The highest BCUT2D eigenvalue weighted by atomic mass is 35.5. The molecule has 2 aromatic carbocycles. The van der Waals surface area contributed by atoms with Crippen molar-refractivity contribution in [3.8, 4) is 34.0 Å². The molecule has 1 N–H and O–H groups in total. The lowest BCUT2D eigenvalue weighted by molar-refractivity contribution is 0.242. The number of halogens is 1. The van der Waals surface area contributed by atoms with Crippen molar-refractivity contribution in [2.75, 3.05) is 6.61 Å². The van der Waals surface area contributed by atoms with E-state index in [0.717, 1.165) is 41.3 Å². The van der Waals surface area contributed by atoms with Gasteiger partial charge in [-0.2, -0.15) is 5.10 Å². The average Bonchev–Trinajstić information content (AvgIpc) is 3.12. The van der Waals surface area contributed by atoms with Crippen molar-refractivity contribution in [3.63, 3.8) is 0 Å². The van der Waals surface area contributed by atoms with Gasteiger partial charge in [0.05, 0.1) is 29.1 Å². The van der Waals surface area contributed by atoms with E-state index < -0.39 is 0 Å². The molecule has 0 saturated heterocycles. The van der Waals surface area contributed by atoms with E-state index in [2.05, 4.69) is 17.1 Å². The van der Waals surface area contributed by atoms with Crippen LogP contribution in [0.25, 0.3) is 22.5 Å². The van der Waals surface area contributed by atoms with Crippen LogP contribution in [0.15, 0.2) is 48.5 Å². The summed E-state index contributed by atoms with van der Waals surface area (Å²) in [5.74, 6) is 1.56. The quantitative estimate of drug-likeness (QED) is 0.557. The molecule has 4 nitrogen and oxygen atoms in total. The fourth-order valence-corrected chi connectivity index (χ4v) is 2.80.